The maximum absolute atomic E-state index is 5.89. The summed E-state index contributed by atoms with van der Waals surface area (Å²) < 4.78 is 0. The fraction of sp³-hybridized carbons (Fsp3) is 0.571. The summed E-state index contributed by atoms with van der Waals surface area (Å²) in [5.41, 5.74) is 7.22. The molecular weight excluding hydrogens is 246 g/mol. The van der Waals surface area contributed by atoms with Crippen LogP contribution < -0.4 is 5.73 Å². The van der Waals surface area contributed by atoms with Crippen LogP contribution >= 0.6 is 23.5 Å². The molecule has 0 bridgehead atoms. The van der Waals surface area contributed by atoms with E-state index in [2.05, 4.69) is 39.0 Å². The molecule has 1 rings (SSSR count). The number of hydrogen-bond acceptors (Lipinski definition) is 3. The highest BCUT2D eigenvalue weighted by atomic mass is 32.2. The predicted octanol–water partition coefficient (Wildman–Crippen LogP) is 4.40. The third-order valence-corrected chi connectivity index (χ3v) is 5.23. The molecule has 1 aromatic carbocycles. The fourth-order valence-electron chi connectivity index (χ4n) is 1.52. The van der Waals surface area contributed by atoms with Crippen LogP contribution in [0.15, 0.2) is 28.0 Å². The number of hydrogen-bond donors (Lipinski definition) is 1. The molecule has 0 spiro atoms. The van der Waals surface area contributed by atoms with Crippen LogP contribution in [0.3, 0.4) is 0 Å². The summed E-state index contributed by atoms with van der Waals surface area (Å²) in [5, 5.41) is 0. The number of benzene rings is 1. The second kappa shape index (κ2) is 8.06. The minimum Gasteiger partial charge on any atom is -0.326 e. The third-order valence-electron chi connectivity index (χ3n) is 2.81. The van der Waals surface area contributed by atoms with Gasteiger partial charge in [-0.05, 0) is 29.4 Å². The maximum Gasteiger partial charge on any atom is 0.0200 e. The smallest absolute Gasteiger partial charge is 0.0200 e. The second-order valence-corrected chi connectivity index (χ2v) is 6.56. The maximum atomic E-state index is 5.89. The van der Waals surface area contributed by atoms with Crippen molar-refractivity contribution in [2.45, 2.75) is 43.5 Å². The van der Waals surface area contributed by atoms with Gasteiger partial charge in [0.1, 0.15) is 0 Å². The number of thioether (sulfide) groups is 2. The molecule has 1 atom stereocenters. The normalized spacial score (nSPS) is 12.7. The van der Waals surface area contributed by atoms with E-state index in [-0.39, 0.29) is 0 Å². The van der Waals surface area contributed by atoms with E-state index in [1.807, 2.05) is 23.5 Å². The lowest BCUT2D eigenvalue weighted by Gasteiger charge is -2.14. The van der Waals surface area contributed by atoms with E-state index >= 15 is 0 Å². The summed E-state index contributed by atoms with van der Waals surface area (Å²) >= 11 is 3.84. The molecule has 0 fully saturated rings. The largest absolute Gasteiger partial charge is 0.326 e. The van der Waals surface area contributed by atoms with E-state index in [0.29, 0.717) is 6.54 Å². The van der Waals surface area contributed by atoms with Gasteiger partial charge in [-0.15, -0.1) is 23.5 Å². The van der Waals surface area contributed by atoms with Crippen molar-refractivity contribution < 1.29 is 0 Å². The third kappa shape index (κ3) is 4.57. The van der Waals surface area contributed by atoms with Crippen molar-refractivity contribution in [3.05, 3.63) is 23.8 Å². The molecule has 1 nitrogen and oxygen atoms in total. The molecule has 0 aliphatic heterocycles. The molecular formula is C14H23NS2. The van der Waals surface area contributed by atoms with Crippen molar-refractivity contribution >= 4 is 23.5 Å². The number of nitrogens with two attached hydrogens (primary N) is 1. The van der Waals surface area contributed by atoms with Gasteiger partial charge in [0.25, 0.3) is 0 Å². The quantitative estimate of drug-likeness (QED) is 0.743. The Morgan fingerprint density at radius 3 is 2.35 bits per heavy atom. The van der Waals surface area contributed by atoms with Crippen molar-refractivity contribution in [1.29, 1.82) is 0 Å². The van der Waals surface area contributed by atoms with E-state index in [9.17, 15) is 0 Å². The van der Waals surface area contributed by atoms with E-state index in [1.54, 1.807) is 0 Å². The minimum absolute atomic E-state index is 0.645. The van der Waals surface area contributed by atoms with Crippen LogP contribution in [-0.2, 0) is 6.54 Å². The highest BCUT2D eigenvalue weighted by Crippen LogP contribution is 2.32. The van der Waals surface area contributed by atoms with Gasteiger partial charge in [-0.1, -0.05) is 33.3 Å². The molecule has 0 heterocycles. The van der Waals surface area contributed by atoms with Crippen molar-refractivity contribution in [2.24, 2.45) is 11.7 Å². The highest BCUT2D eigenvalue weighted by molar-refractivity contribution is 8.00. The fourth-order valence-corrected chi connectivity index (χ4v) is 3.68. The van der Waals surface area contributed by atoms with Gasteiger partial charge in [0.2, 0.25) is 0 Å². The van der Waals surface area contributed by atoms with E-state index < -0.39 is 0 Å². The predicted molar refractivity (Wildman–Crippen MR) is 80.9 cm³/mol. The van der Waals surface area contributed by atoms with Crippen LogP contribution in [-0.4, -0.2) is 11.5 Å². The first-order valence-electron chi connectivity index (χ1n) is 6.30. The topological polar surface area (TPSA) is 26.0 Å². The molecule has 0 saturated carbocycles. The molecule has 17 heavy (non-hydrogen) atoms. The van der Waals surface area contributed by atoms with Gasteiger partial charge < -0.3 is 5.73 Å². The Hall–Kier alpha value is -0.120. The molecule has 0 radical (unpaired) electrons. The van der Waals surface area contributed by atoms with Crippen molar-refractivity contribution in [3.8, 4) is 0 Å². The molecule has 0 amide bonds. The Labute approximate surface area is 114 Å². The summed E-state index contributed by atoms with van der Waals surface area (Å²) in [7, 11) is 0. The molecule has 0 aliphatic carbocycles. The van der Waals surface area contributed by atoms with Gasteiger partial charge in [0.15, 0.2) is 0 Å². The Balaban J connectivity index is 2.79. The van der Waals surface area contributed by atoms with Crippen LogP contribution in [0.4, 0.5) is 0 Å². The summed E-state index contributed by atoms with van der Waals surface area (Å²) in [5.74, 6) is 3.06. The molecule has 96 valence electrons. The van der Waals surface area contributed by atoms with Crippen LogP contribution in [0.5, 0.6) is 0 Å². The molecule has 1 aromatic rings. The summed E-state index contributed by atoms with van der Waals surface area (Å²) in [6.07, 6.45) is 1.24. The van der Waals surface area contributed by atoms with Crippen molar-refractivity contribution in [2.75, 3.05) is 11.5 Å². The number of rotatable bonds is 7. The van der Waals surface area contributed by atoms with Gasteiger partial charge in [0.05, 0.1) is 0 Å². The average Bonchev–Trinajstić information content (AvgIpc) is 2.36. The molecule has 0 aliphatic rings. The Morgan fingerprint density at radius 2 is 1.82 bits per heavy atom. The Bertz CT molecular complexity index is 339. The Morgan fingerprint density at radius 1 is 1.18 bits per heavy atom. The SMILES string of the molecule is CCSc1cccc(SCC(C)CC)c1CN. The van der Waals surface area contributed by atoms with Gasteiger partial charge in [-0.2, -0.15) is 0 Å². The van der Waals surface area contributed by atoms with Gasteiger partial charge in [-0.25, -0.2) is 0 Å². The molecule has 2 N–H and O–H groups in total. The lowest BCUT2D eigenvalue weighted by atomic mass is 10.2. The van der Waals surface area contributed by atoms with E-state index in [1.165, 1.54) is 27.5 Å². The Kier molecular flexibility index (Phi) is 7.09. The minimum atomic E-state index is 0.645. The van der Waals surface area contributed by atoms with E-state index in [0.717, 1.165) is 11.7 Å². The zero-order valence-electron chi connectivity index (χ0n) is 11.0. The average molecular weight is 269 g/mol. The van der Waals surface area contributed by atoms with Crippen LogP contribution in [0, 0.1) is 5.92 Å². The molecule has 3 heteroatoms. The molecule has 0 saturated heterocycles. The second-order valence-electron chi connectivity index (χ2n) is 4.19. The molecule has 1 unspecified atom stereocenters. The van der Waals surface area contributed by atoms with Crippen LogP contribution in [0.1, 0.15) is 32.8 Å². The molecule has 0 aromatic heterocycles. The standard InChI is InChI=1S/C14H23NS2/c1-4-11(3)10-17-14-8-6-7-13(16-5-2)12(14)9-15/h6-8,11H,4-5,9-10,15H2,1-3H3. The summed E-state index contributed by atoms with van der Waals surface area (Å²) in [6, 6.07) is 6.54. The highest BCUT2D eigenvalue weighted by Gasteiger charge is 2.08. The van der Waals surface area contributed by atoms with Crippen molar-refractivity contribution in [3.63, 3.8) is 0 Å². The monoisotopic (exact) mass is 269 g/mol. The van der Waals surface area contributed by atoms with Crippen molar-refractivity contribution in [1.82, 2.24) is 0 Å². The first-order chi connectivity index (χ1) is 8.22. The van der Waals surface area contributed by atoms with E-state index in [4.69, 9.17) is 5.73 Å². The summed E-state index contributed by atoms with van der Waals surface area (Å²) in [4.78, 5) is 2.72. The van der Waals surface area contributed by atoms with Crippen LogP contribution in [0.25, 0.3) is 0 Å². The van der Waals surface area contributed by atoms with Gasteiger partial charge >= 0.3 is 0 Å². The van der Waals surface area contributed by atoms with Gasteiger partial charge in [0, 0.05) is 22.1 Å². The van der Waals surface area contributed by atoms with Crippen LogP contribution in [0.2, 0.25) is 0 Å². The lowest BCUT2D eigenvalue weighted by Crippen LogP contribution is -2.02. The first kappa shape index (κ1) is 14.9. The zero-order valence-corrected chi connectivity index (χ0v) is 12.7. The summed E-state index contributed by atoms with van der Waals surface area (Å²) in [6.45, 7) is 7.38. The zero-order chi connectivity index (χ0) is 12.7. The lowest BCUT2D eigenvalue weighted by molar-refractivity contribution is 0.637. The first-order valence-corrected chi connectivity index (χ1v) is 8.27. The van der Waals surface area contributed by atoms with Gasteiger partial charge in [-0.3, -0.25) is 0 Å².